The van der Waals surface area contributed by atoms with Gasteiger partial charge in [0.2, 0.25) is 5.91 Å². The van der Waals surface area contributed by atoms with Crippen molar-refractivity contribution in [3.63, 3.8) is 0 Å². The van der Waals surface area contributed by atoms with Crippen molar-refractivity contribution >= 4 is 40.7 Å². The van der Waals surface area contributed by atoms with E-state index in [4.69, 9.17) is 9.47 Å². The molecule has 0 bridgehead atoms. The molecule has 1 fully saturated rings. The largest absolute Gasteiger partial charge is 0.493 e. The van der Waals surface area contributed by atoms with Crippen LogP contribution < -0.4 is 14.8 Å². The van der Waals surface area contributed by atoms with Crippen LogP contribution in [0.1, 0.15) is 71.2 Å². The Morgan fingerprint density at radius 3 is 2.36 bits per heavy atom. The molecule has 13 heteroatoms. The number of aliphatic hydroxyl groups is 2. The van der Waals surface area contributed by atoms with Crippen LogP contribution in [-0.2, 0) is 11.0 Å². The Bertz CT molecular complexity index is 1390. The smallest absolute Gasteiger partial charge is 0.416 e. The van der Waals surface area contributed by atoms with Gasteiger partial charge in [-0.2, -0.15) is 13.2 Å². The second-order valence-corrected chi connectivity index (χ2v) is 12.3. The number of nitrogens with zero attached hydrogens (tertiary/aromatic N) is 1. The highest BCUT2D eigenvalue weighted by atomic mass is 127. The highest BCUT2D eigenvalue weighted by Crippen LogP contribution is 2.38. The molecule has 45 heavy (non-hydrogen) atoms. The predicted octanol–water partition coefficient (Wildman–Crippen LogP) is 4.91. The fraction of sp³-hybridized carbons (Fsp3) is 0.469. The van der Waals surface area contributed by atoms with Crippen LogP contribution in [-0.4, -0.2) is 77.8 Å². The number of benzene rings is 2. The summed E-state index contributed by atoms with van der Waals surface area (Å²) in [5.74, 6) is -0.637. The number of hydrogen-bond donors (Lipinski definition) is 3. The van der Waals surface area contributed by atoms with Gasteiger partial charge in [-0.15, -0.1) is 0 Å². The molecule has 9 nitrogen and oxygen atoms in total. The van der Waals surface area contributed by atoms with Crippen LogP contribution in [0.5, 0.6) is 11.5 Å². The first-order valence-corrected chi connectivity index (χ1v) is 15.8. The van der Waals surface area contributed by atoms with Crippen LogP contribution in [0.4, 0.5) is 13.2 Å². The fourth-order valence-corrected chi connectivity index (χ4v) is 6.63. The Morgan fingerprint density at radius 1 is 1.11 bits per heavy atom. The standard InChI is InChI=1S/C32H36F3IN2O7/c1-44-27-15-19(18-40)14-24(36)29(27)45-26-17-21(30(42)37-12-13-39)16-25(28(26)41)38(23-6-4-2-3-5-7-23)31(43)20-8-10-22(11-9-20)32(33,34)35/h8-11,14-15,17-18,23,25-26,28,39,41H,2-7,12-13,16H2,1H3,(H,37,42)/t25-,26+,28+/m1/s1. The van der Waals surface area contributed by atoms with Gasteiger partial charge in [-0.3, -0.25) is 14.4 Å². The Kier molecular flexibility index (Phi) is 11.9. The number of amides is 2. The van der Waals surface area contributed by atoms with Gasteiger partial charge in [0.25, 0.3) is 5.91 Å². The first-order chi connectivity index (χ1) is 21.5. The van der Waals surface area contributed by atoms with Crippen LogP contribution in [0.25, 0.3) is 0 Å². The molecule has 4 rings (SSSR count). The van der Waals surface area contributed by atoms with E-state index in [1.807, 2.05) is 22.6 Å². The number of aldehydes is 1. The van der Waals surface area contributed by atoms with Gasteiger partial charge < -0.3 is 29.9 Å². The van der Waals surface area contributed by atoms with Crippen molar-refractivity contribution in [2.24, 2.45) is 0 Å². The van der Waals surface area contributed by atoms with E-state index in [2.05, 4.69) is 5.32 Å². The second kappa shape index (κ2) is 15.4. The van der Waals surface area contributed by atoms with Crippen molar-refractivity contribution in [2.75, 3.05) is 20.3 Å². The number of carbonyl (C=O) groups is 3. The maximum Gasteiger partial charge on any atom is 0.416 e. The topological polar surface area (TPSA) is 125 Å². The molecule has 244 valence electrons. The minimum atomic E-state index is -4.57. The quantitative estimate of drug-likeness (QED) is 0.180. The summed E-state index contributed by atoms with van der Waals surface area (Å²) in [5, 5.41) is 23.7. The summed E-state index contributed by atoms with van der Waals surface area (Å²) in [7, 11) is 1.40. The molecule has 0 radical (unpaired) electrons. The van der Waals surface area contributed by atoms with E-state index < -0.39 is 41.8 Å². The molecule has 3 atom stereocenters. The maximum absolute atomic E-state index is 14.2. The van der Waals surface area contributed by atoms with Crippen molar-refractivity contribution in [3.8, 4) is 11.5 Å². The van der Waals surface area contributed by atoms with E-state index >= 15 is 0 Å². The summed E-state index contributed by atoms with van der Waals surface area (Å²) in [4.78, 5) is 40.3. The molecule has 0 aromatic heterocycles. The molecule has 2 aromatic carbocycles. The van der Waals surface area contributed by atoms with Gasteiger partial charge in [-0.05, 0) is 77.9 Å². The summed E-state index contributed by atoms with van der Waals surface area (Å²) in [6, 6.07) is 5.69. The minimum Gasteiger partial charge on any atom is -0.493 e. The molecule has 2 aliphatic rings. The molecule has 0 heterocycles. The van der Waals surface area contributed by atoms with Gasteiger partial charge in [-0.1, -0.05) is 25.7 Å². The van der Waals surface area contributed by atoms with E-state index in [1.54, 1.807) is 6.07 Å². The first kappa shape index (κ1) is 34.7. The SMILES string of the molecule is COc1cc(C=O)cc(I)c1O[C@H]1C=C(C(=O)NCCO)C[C@@H](N(C(=O)c2ccc(C(F)(F)F)cc2)C2CCCCCC2)[C@@H]1O. The first-order valence-electron chi connectivity index (χ1n) is 14.8. The summed E-state index contributed by atoms with van der Waals surface area (Å²) < 4.78 is 52.1. The number of alkyl halides is 3. The van der Waals surface area contributed by atoms with E-state index in [0.29, 0.717) is 28.3 Å². The van der Waals surface area contributed by atoms with Crippen LogP contribution in [0.3, 0.4) is 0 Å². The van der Waals surface area contributed by atoms with E-state index in [-0.39, 0.29) is 48.2 Å². The lowest BCUT2D eigenvalue weighted by atomic mass is 9.86. The predicted molar refractivity (Wildman–Crippen MR) is 167 cm³/mol. The summed E-state index contributed by atoms with van der Waals surface area (Å²) >= 11 is 1.97. The average molecular weight is 745 g/mol. The number of ether oxygens (including phenoxy) is 2. The van der Waals surface area contributed by atoms with Crippen molar-refractivity contribution in [3.05, 3.63) is 68.3 Å². The normalized spacial score (nSPS) is 20.9. The van der Waals surface area contributed by atoms with E-state index in [9.17, 15) is 37.8 Å². The summed E-state index contributed by atoms with van der Waals surface area (Å²) in [5.41, 5.74) is -0.312. The third kappa shape index (κ3) is 8.36. The van der Waals surface area contributed by atoms with Crippen LogP contribution in [0.2, 0.25) is 0 Å². The van der Waals surface area contributed by atoms with Crippen LogP contribution >= 0.6 is 22.6 Å². The molecule has 0 aliphatic heterocycles. The zero-order valence-corrected chi connectivity index (χ0v) is 26.8. The summed E-state index contributed by atoms with van der Waals surface area (Å²) in [6.45, 7) is -0.325. The number of hydrogen-bond acceptors (Lipinski definition) is 7. The Labute approximate surface area is 272 Å². The van der Waals surface area contributed by atoms with Crippen LogP contribution in [0, 0.1) is 3.57 Å². The number of nitrogens with one attached hydrogen (secondary N) is 1. The zero-order chi connectivity index (χ0) is 32.7. The van der Waals surface area contributed by atoms with Crippen molar-refractivity contribution < 1.29 is 47.2 Å². The van der Waals surface area contributed by atoms with Crippen LogP contribution in [0.15, 0.2) is 48.0 Å². The summed E-state index contributed by atoms with van der Waals surface area (Å²) in [6.07, 6.45) is -0.217. The van der Waals surface area contributed by atoms with Gasteiger partial charge in [0.1, 0.15) is 18.5 Å². The van der Waals surface area contributed by atoms with E-state index in [1.165, 1.54) is 24.2 Å². The van der Waals surface area contributed by atoms with Gasteiger partial charge in [0, 0.05) is 35.7 Å². The van der Waals surface area contributed by atoms with Gasteiger partial charge in [-0.25, -0.2) is 0 Å². The monoisotopic (exact) mass is 744 g/mol. The molecule has 0 saturated heterocycles. The Hall–Kier alpha value is -3.17. The molecule has 0 unspecified atom stereocenters. The molecule has 2 amide bonds. The lowest BCUT2D eigenvalue weighted by Crippen LogP contribution is -2.58. The highest BCUT2D eigenvalue weighted by molar-refractivity contribution is 14.1. The molecule has 2 aromatic rings. The third-order valence-corrected chi connectivity index (χ3v) is 8.93. The number of rotatable bonds is 10. The van der Waals surface area contributed by atoms with Crippen molar-refractivity contribution in [1.82, 2.24) is 10.2 Å². The van der Waals surface area contributed by atoms with Crippen molar-refractivity contribution in [1.29, 1.82) is 0 Å². The van der Waals surface area contributed by atoms with E-state index in [0.717, 1.165) is 49.9 Å². The molecular weight excluding hydrogens is 708 g/mol. The van der Waals surface area contributed by atoms with Crippen molar-refractivity contribution in [2.45, 2.75) is 75.4 Å². The molecule has 1 saturated carbocycles. The van der Waals surface area contributed by atoms with Gasteiger partial charge in [0.05, 0.1) is 28.9 Å². The lowest BCUT2D eigenvalue weighted by molar-refractivity contribution is -0.137. The Balaban J connectivity index is 1.77. The molecule has 3 N–H and O–H groups in total. The molecule has 2 aliphatic carbocycles. The minimum absolute atomic E-state index is 0.0232. The average Bonchev–Trinajstić information content (AvgIpc) is 3.31. The number of aliphatic hydroxyl groups excluding tert-OH is 2. The maximum atomic E-state index is 14.2. The Morgan fingerprint density at radius 2 is 1.78 bits per heavy atom. The van der Waals surface area contributed by atoms with Gasteiger partial charge >= 0.3 is 6.18 Å². The molecular formula is C32H36F3IN2O7. The number of carbonyl (C=O) groups excluding carboxylic acids is 3. The lowest BCUT2D eigenvalue weighted by Gasteiger charge is -2.44. The third-order valence-electron chi connectivity index (χ3n) is 8.13. The molecule has 0 spiro atoms. The second-order valence-electron chi connectivity index (χ2n) is 11.1. The zero-order valence-electron chi connectivity index (χ0n) is 24.7. The highest BCUT2D eigenvalue weighted by Gasteiger charge is 2.43. The van der Waals surface area contributed by atoms with Gasteiger partial charge in [0.15, 0.2) is 11.5 Å². The number of methoxy groups -OCH3 is 1. The fourth-order valence-electron chi connectivity index (χ4n) is 5.88. The number of halogens is 4.